The molecule has 3 rings (SSSR count). The van der Waals surface area contributed by atoms with Crippen molar-refractivity contribution in [3.8, 4) is 0 Å². The minimum Gasteiger partial charge on any atom is -0.465 e. The van der Waals surface area contributed by atoms with Crippen molar-refractivity contribution in [2.45, 2.75) is 12.8 Å². The lowest BCUT2D eigenvalue weighted by molar-refractivity contribution is -0.117. The Balaban J connectivity index is 1.88. The summed E-state index contributed by atoms with van der Waals surface area (Å²) in [5.41, 5.74) is 1.46. The molecular weight excluding hydrogens is 356 g/mol. The summed E-state index contributed by atoms with van der Waals surface area (Å²) in [4.78, 5) is 38.0. The summed E-state index contributed by atoms with van der Waals surface area (Å²) in [5.74, 6) is -0.966. The maximum Gasteiger partial charge on any atom is 0.339 e. The maximum atomic E-state index is 12.6. The molecule has 7 heteroatoms. The summed E-state index contributed by atoms with van der Waals surface area (Å²) < 4.78 is 4.73. The molecule has 1 fully saturated rings. The Labute approximate surface area is 155 Å². The second-order valence-electron chi connectivity index (χ2n) is 5.81. The normalized spacial score (nSPS) is 13.6. The van der Waals surface area contributed by atoms with Gasteiger partial charge in [0.2, 0.25) is 5.91 Å². The molecule has 2 aromatic rings. The summed E-state index contributed by atoms with van der Waals surface area (Å²) in [6, 6.07) is 11.3. The van der Waals surface area contributed by atoms with Gasteiger partial charge in [-0.1, -0.05) is 23.7 Å². The highest BCUT2D eigenvalue weighted by atomic mass is 35.5. The summed E-state index contributed by atoms with van der Waals surface area (Å²) in [5, 5.41) is 3.11. The van der Waals surface area contributed by atoms with Crippen LogP contribution in [0, 0.1) is 0 Å². The second-order valence-corrected chi connectivity index (χ2v) is 6.21. The zero-order valence-corrected chi connectivity index (χ0v) is 14.9. The number of para-hydroxylation sites is 1. The molecule has 0 unspecified atom stereocenters. The zero-order chi connectivity index (χ0) is 18.7. The van der Waals surface area contributed by atoms with Gasteiger partial charge >= 0.3 is 5.97 Å². The average Bonchev–Trinajstić information content (AvgIpc) is 3.07. The quantitative estimate of drug-likeness (QED) is 0.833. The first-order valence-electron chi connectivity index (χ1n) is 8.10. The van der Waals surface area contributed by atoms with Crippen LogP contribution < -0.4 is 10.2 Å². The van der Waals surface area contributed by atoms with Gasteiger partial charge in [0.15, 0.2) is 0 Å². The SMILES string of the molecule is COC(=O)c1ccccc1NC(=O)c1ccc(Cl)c(N2CCCC2=O)c1. The molecule has 6 nitrogen and oxygen atoms in total. The molecule has 2 amide bonds. The number of esters is 1. The average molecular weight is 373 g/mol. The number of anilines is 2. The molecular formula is C19H17ClN2O4. The number of hydrogen-bond acceptors (Lipinski definition) is 4. The molecule has 1 aliphatic rings. The lowest BCUT2D eigenvalue weighted by Crippen LogP contribution is -2.24. The number of carbonyl (C=O) groups is 3. The molecule has 0 aliphatic carbocycles. The van der Waals surface area contributed by atoms with E-state index in [-0.39, 0.29) is 11.5 Å². The predicted octanol–water partition coefficient (Wildman–Crippen LogP) is 3.51. The van der Waals surface area contributed by atoms with Crippen molar-refractivity contribution in [1.82, 2.24) is 0 Å². The number of rotatable bonds is 4. The largest absolute Gasteiger partial charge is 0.465 e. The monoisotopic (exact) mass is 372 g/mol. The van der Waals surface area contributed by atoms with Crippen molar-refractivity contribution >= 4 is 40.8 Å². The van der Waals surface area contributed by atoms with Gasteiger partial charge in [-0.15, -0.1) is 0 Å². The van der Waals surface area contributed by atoms with Crippen molar-refractivity contribution in [2.75, 3.05) is 23.9 Å². The molecule has 134 valence electrons. The van der Waals surface area contributed by atoms with Gasteiger partial charge < -0.3 is 15.0 Å². The number of methoxy groups -OCH3 is 1. The van der Waals surface area contributed by atoms with Crippen molar-refractivity contribution in [1.29, 1.82) is 0 Å². The van der Waals surface area contributed by atoms with E-state index < -0.39 is 11.9 Å². The van der Waals surface area contributed by atoms with Crippen molar-refractivity contribution in [2.24, 2.45) is 0 Å². The van der Waals surface area contributed by atoms with E-state index >= 15 is 0 Å². The molecule has 0 saturated carbocycles. The highest BCUT2D eigenvalue weighted by molar-refractivity contribution is 6.34. The topological polar surface area (TPSA) is 75.7 Å². The Hall–Kier alpha value is -2.86. The van der Waals surface area contributed by atoms with E-state index in [2.05, 4.69) is 5.32 Å². The Kier molecular flexibility index (Phi) is 5.23. The molecule has 0 atom stereocenters. The Morgan fingerprint density at radius 2 is 1.96 bits per heavy atom. The number of nitrogens with zero attached hydrogens (tertiary/aromatic N) is 1. The lowest BCUT2D eigenvalue weighted by Gasteiger charge is -2.18. The lowest BCUT2D eigenvalue weighted by atomic mass is 10.1. The van der Waals surface area contributed by atoms with Gasteiger partial charge in [-0.2, -0.15) is 0 Å². The smallest absolute Gasteiger partial charge is 0.339 e. The Morgan fingerprint density at radius 3 is 2.65 bits per heavy atom. The van der Waals surface area contributed by atoms with Crippen LogP contribution in [0.4, 0.5) is 11.4 Å². The van der Waals surface area contributed by atoms with E-state index in [1.807, 2.05) is 0 Å². The van der Waals surface area contributed by atoms with E-state index in [4.69, 9.17) is 16.3 Å². The standard InChI is InChI=1S/C19H17ClN2O4/c1-26-19(25)13-5-2-3-6-15(13)21-18(24)12-8-9-14(20)16(11-12)22-10-4-7-17(22)23/h2-3,5-6,8-9,11H,4,7,10H2,1H3,(H,21,24). The number of nitrogens with one attached hydrogen (secondary N) is 1. The van der Waals surface area contributed by atoms with Crippen molar-refractivity contribution < 1.29 is 19.1 Å². The van der Waals surface area contributed by atoms with Crippen LogP contribution in [0.1, 0.15) is 33.6 Å². The number of carbonyl (C=O) groups excluding carboxylic acids is 3. The minimum absolute atomic E-state index is 0.0134. The van der Waals surface area contributed by atoms with Gasteiger partial charge in [0.05, 0.1) is 29.1 Å². The highest BCUT2D eigenvalue weighted by Gasteiger charge is 2.24. The summed E-state index contributed by atoms with van der Waals surface area (Å²) in [6.45, 7) is 0.578. The summed E-state index contributed by atoms with van der Waals surface area (Å²) >= 11 is 6.21. The summed E-state index contributed by atoms with van der Waals surface area (Å²) in [7, 11) is 1.28. The number of hydrogen-bond donors (Lipinski definition) is 1. The third kappa shape index (κ3) is 3.55. The molecule has 0 aromatic heterocycles. The Morgan fingerprint density at radius 1 is 1.19 bits per heavy atom. The third-order valence-electron chi connectivity index (χ3n) is 4.15. The van der Waals surface area contributed by atoms with E-state index in [9.17, 15) is 14.4 Å². The van der Waals surface area contributed by atoms with Crippen molar-refractivity contribution in [3.63, 3.8) is 0 Å². The van der Waals surface area contributed by atoms with Gasteiger partial charge in [-0.3, -0.25) is 9.59 Å². The molecule has 0 radical (unpaired) electrons. The van der Waals surface area contributed by atoms with Gasteiger partial charge in [0, 0.05) is 18.5 Å². The minimum atomic E-state index is -0.541. The van der Waals surface area contributed by atoms with Gasteiger partial charge in [-0.05, 0) is 36.8 Å². The molecule has 1 N–H and O–H groups in total. The number of amides is 2. The van der Waals surface area contributed by atoms with E-state index in [0.29, 0.717) is 34.9 Å². The van der Waals surface area contributed by atoms with Crippen LogP contribution in [-0.4, -0.2) is 31.4 Å². The molecule has 26 heavy (non-hydrogen) atoms. The van der Waals surface area contributed by atoms with E-state index in [1.165, 1.54) is 7.11 Å². The van der Waals surface area contributed by atoms with Gasteiger partial charge in [0.25, 0.3) is 5.91 Å². The number of halogens is 1. The molecule has 1 aliphatic heterocycles. The van der Waals surface area contributed by atoms with Crippen LogP contribution in [-0.2, 0) is 9.53 Å². The first-order chi connectivity index (χ1) is 12.5. The summed E-state index contributed by atoms with van der Waals surface area (Å²) in [6.07, 6.45) is 1.23. The van der Waals surface area contributed by atoms with Crippen LogP contribution in [0.15, 0.2) is 42.5 Å². The fourth-order valence-electron chi connectivity index (χ4n) is 2.84. The fraction of sp³-hybridized carbons (Fsp3) is 0.211. The van der Waals surface area contributed by atoms with E-state index in [0.717, 1.165) is 6.42 Å². The molecule has 1 heterocycles. The number of benzene rings is 2. The van der Waals surface area contributed by atoms with Gasteiger partial charge in [-0.25, -0.2) is 4.79 Å². The molecule has 2 aromatic carbocycles. The highest BCUT2D eigenvalue weighted by Crippen LogP contribution is 2.30. The predicted molar refractivity (Wildman–Crippen MR) is 98.8 cm³/mol. The number of ether oxygens (including phenoxy) is 1. The maximum absolute atomic E-state index is 12.6. The van der Waals surface area contributed by atoms with Crippen LogP contribution >= 0.6 is 11.6 Å². The van der Waals surface area contributed by atoms with Crippen LogP contribution in [0.5, 0.6) is 0 Å². The fourth-order valence-corrected chi connectivity index (χ4v) is 3.06. The zero-order valence-electron chi connectivity index (χ0n) is 14.1. The molecule has 0 bridgehead atoms. The molecule has 1 saturated heterocycles. The van der Waals surface area contributed by atoms with Gasteiger partial charge in [0.1, 0.15) is 0 Å². The first kappa shape index (κ1) is 17.9. The molecule has 0 spiro atoms. The van der Waals surface area contributed by atoms with Crippen LogP contribution in [0.3, 0.4) is 0 Å². The van der Waals surface area contributed by atoms with Crippen LogP contribution in [0.2, 0.25) is 5.02 Å². The van der Waals surface area contributed by atoms with Crippen LogP contribution in [0.25, 0.3) is 0 Å². The van der Waals surface area contributed by atoms with E-state index in [1.54, 1.807) is 47.4 Å². The van der Waals surface area contributed by atoms with Crippen molar-refractivity contribution in [3.05, 3.63) is 58.6 Å². The third-order valence-corrected chi connectivity index (χ3v) is 4.47. The Bertz CT molecular complexity index is 882. The second kappa shape index (κ2) is 7.58. The first-order valence-corrected chi connectivity index (χ1v) is 8.47.